The lowest BCUT2D eigenvalue weighted by atomic mass is 9.83. The second kappa shape index (κ2) is 8.56. The molecule has 0 N–H and O–H groups in total. The van der Waals surface area contributed by atoms with Crippen LogP contribution in [0.2, 0.25) is 0 Å². The Bertz CT molecular complexity index is 1000. The highest BCUT2D eigenvalue weighted by atomic mass is 19.2. The summed E-state index contributed by atoms with van der Waals surface area (Å²) in [6, 6.07) is 3.29. The predicted octanol–water partition coefficient (Wildman–Crippen LogP) is 8.14. The second-order valence-corrected chi connectivity index (χ2v) is 8.72. The number of fused-ring (bicyclic) bond motifs is 3. The molecule has 0 fully saturated rings. The molecule has 1 unspecified atom stereocenters. The molecule has 0 amide bonds. The maximum absolute atomic E-state index is 15.1. The van der Waals surface area contributed by atoms with E-state index in [1.165, 1.54) is 0 Å². The average molecular weight is 417 g/mol. The first-order chi connectivity index (χ1) is 14.5. The van der Waals surface area contributed by atoms with Gasteiger partial charge in [-0.2, -0.15) is 0 Å². The Hall–Kier alpha value is -2.10. The molecule has 0 spiro atoms. The number of rotatable bonds is 6. The molecule has 0 bridgehead atoms. The molecule has 0 radical (unpaired) electrons. The maximum atomic E-state index is 15.1. The van der Waals surface area contributed by atoms with Gasteiger partial charge >= 0.3 is 0 Å². The van der Waals surface area contributed by atoms with Gasteiger partial charge in [-0.15, -0.1) is 0 Å². The van der Waals surface area contributed by atoms with Crippen molar-refractivity contribution >= 4 is 5.57 Å². The first-order valence-electron chi connectivity index (χ1n) is 11.2. The molecule has 4 heteroatoms. The van der Waals surface area contributed by atoms with E-state index in [2.05, 4.69) is 6.92 Å². The Balaban J connectivity index is 1.74. The molecule has 2 aliphatic carbocycles. The van der Waals surface area contributed by atoms with Gasteiger partial charge in [-0.3, -0.25) is 0 Å². The van der Waals surface area contributed by atoms with Crippen molar-refractivity contribution in [2.75, 3.05) is 0 Å². The largest absolute Gasteiger partial charge is 0.203 e. The van der Waals surface area contributed by atoms with Gasteiger partial charge in [-0.25, -0.2) is 17.6 Å². The lowest BCUT2D eigenvalue weighted by Gasteiger charge is -2.22. The van der Waals surface area contributed by atoms with Crippen molar-refractivity contribution in [3.63, 3.8) is 0 Å². The van der Waals surface area contributed by atoms with E-state index in [4.69, 9.17) is 0 Å². The summed E-state index contributed by atoms with van der Waals surface area (Å²) in [4.78, 5) is 0. The van der Waals surface area contributed by atoms with Crippen LogP contribution < -0.4 is 0 Å². The van der Waals surface area contributed by atoms with Crippen LogP contribution in [-0.2, 0) is 12.8 Å². The van der Waals surface area contributed by atoms with E-state index < -0.39 is 23.3 Å². The molecule has 2 aromatic rings. The SMILES string of the molecule is CCCCc1cc2c(c(F)c1F)-c1c(cc(C3=CCC(CCC)CC3)c(F)c1F)C2. The Kier molecular flexibility index (Phi) is 6.04. The van der Waals surface area contributed by atoms with Crippen molar-refractivity contribution in [2.24, 2.45) is 5.92 Å². The number of aryl methyl sites for hydroxylation is 1. The topological polar surface area (TPSA) is 0 Å². The van der Waals surface area contributed by atoms with Crippen LogP contribution in [0.4, 0.5) is 17.6 Å². The van der Waals surface area contributed by atoms with E-state index in [9.17, 15) is 8.78 Å². The fourth-order valence-corrected chi connectivity index (χ4v) is 5.03. The van der Waals surface area contributed by atoms with Crippen LogP contribution in [-0.4, -0.2) is 0 Å². The van der Waals surface area contributed by atoms with Gasteiger partial charge in [-0.05, 0) is 72.8 Å². The number of unbranched alkanes of at least 4 members (excludes halogenated alkanes) is 1. The molecule has 4 rings (SSSR count). The van der Waals surface area contributed by atoms with Crippen LogP contribution in [0, 0.1) is 29.2 Å². The molecule has 1 atom stereocenters. The van der Waals surface area contributed by atoms with Gasteiger partial charge in [0.15, 0.2) is 23.3 Å². The summed E-state index contributed by atoms with van der Waals surface area (Å²) in [5.74, 6) is -3.39. The molecule has 0 aliphatic heterocycles. The van der Waals surface area contributed by atoms with E-state index in [-0.39, 0.29) is 16.7 Å². The standard InChI is InChI=1S/C26H28F4/c1-3-5-7-17-12-18-13-19-14-20(16-10-8-15(6-4-2)9-11-16)24(28)26(30)22(19)21(18)25(29)23(17)27/h10,12,14-15H,3-9,11,13H2,1-2H3. The number of hydrogen-bond acceptors (Lipinski definition) is 0. The van der Waals surface area contributed by atoms with Crippen molar-refractivity contribution in [1.29, 1.82) is 0 Å². The molecule has 30 heavy (non-hydrogen) atoms. The Labute approximate surface area is 176 Å². The summed E-state index contributed by atoms with van der Waals surface area (Å²) >= 11 is 0. The first-order valence-corrected chi connectivity index (χ1v) is 11.2. The summed E-state index contributed by atoms with van der Waals surface area (Å²) in [7, 11) is 0. The highest BCUT2D eigenvalue weighted by Gasteiger charge is 2.32. The monoisotopic (exact) mass is 416 g/mol. The zero-order chi connectivity index (χ0) is 21.4. The van der Waals surface area contributed by atoms with Crippen LogP contribution in [0.15, 0.2) is 18.2 Å². The molecule has 0 saturated heterocycles. The minimum atomic E-state index is -1.06. The molecule has 2 aliphatic rings. The zero-order valence-electron chi connectivity index (χ0n) is 17.7. The van der Waals surface area contributed by atoms with Crippen LogP contribution >= 0.6 is 0 Å². The van der Waals surface area contributed by atoms with Crippen LogP contribution in [0.1, 0.15) is 81.0 Å². The van der Waals surface area contributed by atoms with Gasteiger partial charge in [-0.1, -0.05) is 45.3 Å². The van der Waals surface area contributed by atoms with Crippen molar-refractivity contribution in [2.45, 2.75) is 71.6 Å². The minimum absolute atomic E-state index is 0.105. The maximum Gasteiger partial charge on any atom is 0.167 e. The van der Waals surface area contributed by atoms with Crippen molar-refractivity contribution < 1.29 is 17.6 Å². The van der Waals surface area contributed by atoms with E-state index in [0.717, 1.165) is 50.5 Å². The summed E-state index contributed by atoms with van der Waals surface area (Å²) in [5, 5.41) is 0. The molecule has 2 aromatic carbocycles. The van der Waals surface area contributed by atoms with Gasteiger partial charge in [0.1, 0.15) is 0 Å². The molecular formula is C26H28F4. The van der Waals surface area contributed by atoms with E-state index in [1.807, 2.05) is 13.0 Å². The highest BCUT2D eigenvalue weighted by molar-refractivity contribution is 5.81. The van der Waals surface area contributed by atoms with Crippen LogP contribution in [0.25, 0.3) is 16.7 Å². The third-order valence-corrected chi connectivity index (χ3v) is 6.64. The summed E-state index contributed by atoms with van der Waals surface area (Å²) in [5.41, 5.74) is 2.30. The average Bonchev–Trinajstić information content (AvgIpc) is 3.11. The van der Waals surface area contributed by atoms with E-state index >= 15 is 8.78 Å². The van der Waals surface area contributed by atoms with Gasteiger partial charge in [0, 0.05) is 16.7 Å². The van der Waals surface area contributed by atoms with Crippen LogP contribution in [0.3, 0.4) is 0 Å². The summed E-state index contributed by atoms with van der Waals surface area (Å²) in [6.45, 7) is 4.14. The van der Waals surface area contributed by atoms with Crippen molar-refractivity contribution in [1.82, 2.24) is 0 Å². The number of hydrogen-bond donors (Lipinski definition) is 0. The van der Waals surface area contributed by atoms with E-state index in [0.29, 0.717) is 35.4 Å². The highest BCUT2D eigenvalue weighted by Crippen LogP contribution is 2.45. The fourth-order valence-electron chi connectivity index (χ4n) is 5.03. The van der Waals surface area contributed by atoms with Crippen LogP contribution in [0.5, 0.6) is 0 Å². The normalized spacial score (nSPS) is 17.7. The number of allylic oxidation sites excluding steroid dienone is 2. The van der Waals surface area contributed by atoms with Crippen molar-refractivity contribution in [3.05, 3.63) is 63.7 Å². The van der Waals surface area contributed by atoms with Crippen molar-refractivity contribution in [3.8, 4) is 11.1 Å². The fraction of sp³-hybridized carbons (Fsp3) is 0.462. The summed E-state index contributed by atoms with van der Waals surface area (Å²) in [6.07, 6.45) is 9.23. The minimum Gasteiger partial charge on any atom is -0.203 e. The lowest BCUT2D eigenvalue weighted by molar-refractivity contribution is 0.443. The Morgan fingerprint density at radius 3 is 2.20 bits per heavy atom. The smallest absolute Gasteiger partial charge is 0.167 e. The lowest BCUT2D eigenvalue weighted by Crippen LogP contribution is -2.07. The predicted molar refractivity (Wildman–Crippen MR) is 113 cm³/mol. The van der Waals surface area contributed by atoms with Gasteiger partial charge in [0.2, 0.25) is 0 Å². The van der Waals surface area contributed by atoms with Gasteiger partial charge in [0.05, 0.1) is 0 Å². The zero-order valence-corrected chi connectivity index (χ0v) is 17.7. The number of halogens is 4. The number of benzene rings is 2. The third kappa shape index (κ3) is 3.59. The molecule has 160 valence electrons. The third-order valence-electron chi connectivity index (χ3n) is 6.64. The summed E-state index contributed by atoms with van der Waals surface area (Å²) < 4.78 is 59.6. The first kappa shape index (κ1) is 21.1. The quantitative estimate of drug-likeness (QED) is 0.356. The molecule has 0 heterocycles. The van der Waals surface area contributed by atoms with Gasteiger partial charge in [0.25, 0.3) is 0 Å². The molecule has 0 aromatic heterocycles. The molecular weight excluding hydrogens is 388 g/mol. The van der Waals surface area contributed by atoms with E-state index in [1.54, 1.807) is 12.1 Å². The second-order valence-electron chi connectivity index (χ2n) is 8.72. The molecule has 0 saturated carbocycles. The van der Waals surface area contributed by atoms with Gasteiger partial charge < -0.3 is 0 Å². The molecule has 0 nitrogen and oxygen atoms in total. The Morgan fingerprint density at radius 2 is 1.57 bits per heavy atom. The Morgan fingerprint density at radius 1 is 0.867 bits per heavy atom.